The van der Waals surface area contributed by atoms with Crippen LogP contribution in [-0.2, 0) is 9.59 Å². The molecule has 0 radical (unpaired) electrons. The lowest BCUT2D eigenvalue weighted by Crippen LogP contribution is -2.43. The third-order valence-electron chi connectivity index (χ3n) is 3.97. The Bertz CT molecular complexity index is 559. The largest absolute Gasteiger partial charge is 0.481 e. The summed E-state index contributed by atoms with van der Waals surface area (Å²) in [6.45, 7) is 3.78. The average molecular weight is 337 g/mol. The highest BCUT2D eigenvalue weighted by Gasteiger charge is 2.30. The minimum absolute atomic E-state index is 0.157. The summed E-state index contributed by atoms with van der Waals surface area (Å²) in [6, 6.07) is 1.61. The third kappa shape index (κ3) is 5.49. The second kappa shape index (κ2) is 8.29. The first-order chi connectivity index (χ1) is 11.0. The Hall–Kier alpha value is -1.63. The first-order valence-corrected chi connectivity index (χ1v) is 8.91. The van der Waals surface area contributed by atoms with E-state index in [4.69, 9.17) is 0 Å². The lowest BCUT2D eigenvalue weighted by Gasteiger charge is -2.22. The van der Waals surface area contributed by atoms with Crippen molar-refractivity contribution in [3.63, 3.8) is 0 Å². The zero-order chi connectivity index (χ0) is 16.8. The molecule has 0 aromatic carbocycles. The Labute approximate surface area is 140 Å². The molecule has 2 atom stereocenters. The summed E-state index contributed by atoms with van der Waals surface area (Å²) >= 11 is 1.28. The fourth-order valence-electron chi connectivity index (χ4n) is 2.91. The molecule has 126 valence electrons. The van der Waals surface area contributed by atoms with E-state index in [0.717, 1.165) is 37.1 Å². The van der Waals surface area contributed by atoms with E-state index in [1.807, 2.05) is 19.9 Å². The van der Waals surface area contributed by atoms with E-state index in [9.17, 15) is 14.7 Å². The molecular weight excluding hydrogens is 314 g/mol. The minimum atomic E-state index is -0.817. The number of hydrogen-bond acceptors (Lipinski definition) is 5. The van der Waals surface area contributed by atoms with Gasteiger partial charge in [0, 0.05) is 17.4 Å². The second-order valence-corrected chi connectivity index (χ2v) is 6.92. The van der Waals surface area contributed by atoms with Gasteiger partial charge in [-0.25, -0.2) is 9.97 Å². The number of aliphatic carboxylic acids is 1. The number of nitrogens with one attached hydrogen (secondary N) is 1. The molecule has 1 aromatic rings. The van der Waals surface area contributed by atoms with Crippen molar-refractivity contribution < 1.29 is 14.7 Å². The van der Waals surface area contributed by atoms with Gasteiger partial charge in [-0.05, 0) is 32.8 Å². The van der Waals surface area contributed by atoms with Gasteiger partial charge in [-0.1, -0.05) is 31.0 Å². The van der Waals surface area contributed by atoms with Crippen molar-refractivity contribution in [1.82, 2.24) is 15.3 Å². The molecule has 1 amide bonds. The van der Waals surface area contributed by atoms with E-state index in [0.29, 0.717) is 11.6 Å². The summed E-state index contributed by atoms with van der Waals surface area (Å²) in [5.74, 6) is -1.26. The number of aromatic nitrogens is 2. The van der Waals surface area contributed by atoms with Crippen LogP contribution in [0, 0.1) is 19.8 Å². The highest BCUT2D eigenvalue weighted by molar-refractivity contribution is 7.99. The topological polar surface area (TPSA) is 92.2 Å². The highest BCUT2D eigenvalue weighted by Crippen LogP contribution is 2.24. The van der Waals surface area contributed by atoms with Crippen molar-refractivity contribution in [2.45, 2.75) is 57.1 Å². The normalized spacial score (nSPS) is 21.5. The van der Waals surface area contributed by atoms with E-state index in [1.54, 1.807) is 0 Å². The molecule has 2 rings (SSSR count). The van der Waals surface area contributed by atoms with Crippen LogP contribution in [0.1, 0.15) is 43.5 Å². The summed E-state index contributed by atoms with van der Waals surface area (Å²) in [5.41, 5.74) is 1.74. The number of carboxylic acids is 1. The SMILES string of the molecule is Cc1cc(C)nc(SCC(=O)N[C@H]2CCCCC[C@H]2C(=O)O)n1. The fraction of sp³-hybridized carbons (Fsp3) is 0.625. The van der Waals surface area contributed by atoms with Crippen LogP contribution in [0.15, 0.2) is 11.2 Å². The van der Waals surface area contributed by atoms with Crippen LogP contribution in [0.3, 0.4) is 0 Å². The van der Waals surface area contributed by atoms with Crippen molar-refractivity contribution in [3.05, 3.63) is 17.5 Å². The van der Waals surface area contributed by atoms with Gasteiger partial charge in [0.1, 0.15) is 0 Å². The standard InChI is InChI=1S/C16H23N3O3S/c1-10-8-11(2)18-16(17-10)23-9-14(20)19-13-7-5-3-4-6-12(13)15(21)22/h8,12-13H,3-7,9H2,1-2H3,(H,19,20)(H,21,22)/t12-,13+/m1/s1. The zero-order valence-electron chi connectivity index (χ0n) is 13.5. The van der Waals surface area contributed by atoms with Crippen LogP contribution < -0.4 is 5.32 Å². The van der Waals surface area contributed by atoms with Gasteiger partial charge in [-0.3, -0.25) is 9.59 Å². The van der Waals surface area contributed by atoms with Gasteiger partial charge in [0.2, 0.25) is 5.91 Å². The first kappa shape index (κ1) is 17.7. The maximum atomic E-state index is 12.2. The Balaban J connectivity index is 1.91. The van der Waals surface area contributed by atoms with Crippen LogP contribution >= 0.6 is 11.8 Å². The third-order valence-corrected chi connectivity index (χ3v) is 4.82. The Kier molecular flexibility index (Phi) is 6.38. The van der Waals surface area contributed by atoms with Crippen LogP contribution in [0.4, 0.5) is 0 Å². The van der Waals surface area contributed by atoms with Crippen molar-refractivity contribution in [3.8, 4) is 0 Å². The van der Waals surface area contributed by atoms with E-state index in [1.165, 1.54) is 11.8 Å². The number of amides is 1. The lowest BCUT2D eigenvalue weighted by molar-refractivity contribution is -0.143. The van der Waals surface area contributed by atoms with Crippen molar-refractivity contribution in [2.24, 2.45) is 5.92 Å². The van der Waals surface area contributed by atoms with E-state index < -0.39 is 11.9 Å². The second-order valence-electron chi connectivity index (χ2n) is 5.98. The summed E-state index contributed by atoms with van der Waals surface area (Å²) in [5, 5.41) is 12.8. The van der Waals surface area contributed by atoms with Gasteiger partial charge in [0.05, 0.1) is 11.7 Å². The van der Waals surface area contributed by atoms with E-state index >= 15 is 0 Å². The van der Waals surface area contributed by atoms with Crippen LogP contribution in [0.5, 0.6) is 0 Å². The summed E-state index contributed by atoms with van der Waals surface area (Å²) in [4.78, 5) is 32.1. The Morgan fingerprint density at radius 2 is 1.87 bits per heavy atom. The van der Waals surface area contributed by atoms with Crippen molar-refractivity contribution in [2.75, 3.05) is 5.75 Å². The predicted molar refractivity (Wildman–Crippen MR) is 88.4 cm³/mol. The van der Waals surface area contributed by atoms with Crippen LogP contribution in [0.25, 0.3) is 0 Å². The van der Waals surface area contributed by atoms with Crippen molar-refractivity contribution >= 4 is 23.6 Å². The zero-order valence-corrected chi connectivity index (χ0v) is 14.4. The lowest BCUT2D eigenvalue weighted by atomic mass is 9.95. The smallest absolute Gasteiger partial charge is 0.308 e. The summed E-state index contributed by atoms with van der Waals surface area (Å²) in [6.07, 6.45) is 4.26. The molecule has 1 aromatic heterocycles. The Morgan fingerprint density at radius 1 is 1.22 bits per heavy atom. The minimum Gasteiger partial charge on any atom is -0.481 e. The number of carbonyl (C=O) groups is 2. The molecule has 7 heteroatoms. The number of aryl methyl sites for hydroxylation is 2. The number of rotatable bonds is 5. The molecule has 2 N–H and O–H groups in total. The van der Waals surface area contributed by atoms with Gasteiger partial charge < -0.3 is 10.4 Å². The summed E-state index contributed by atoms with van der Waals surface area (Å²) < 4.78 is 0. The highest BCUT2D eigenvalue weighted by atomic mass is 32.2. The van der Waals surface area contributed by atoms with Gasteiger partial charge in [-0.15, -0.1) is 0 Å². The molecule has 1 heterocycles. The van der Waals surface area contributed by atoms with Gasteiger partial charge in [0.25, 0.3) is 0 Å². The molecule has 0 aliphatic heterocycles. The monoisotopic (exact) mass is 337 g/mol. The quantitative estimate of drug-likeness (QED) is 0.487. The summed E-state index contributed by atoms with van der Waals surface area (Å²) in [7, 11) is 0. The number of thioether (sulfide) groups is 1. The number of carbonyl (C=O) groups excluding carboxylic acids is 1. The molecule has 1 aliphatic rings. The van der Waals surface area contributed by atoms with Gasteiger partial charge >= 0.3 is 5.97 Å². The van der Waals surface area contributed by atoms with E-state index in [2.05, 4.69) is 15.3 Å². The molecule has 23 heavy (non-hydrogen) atoms. The molecular formula is C16H23N3O3S. The van der Waals surface area contributed by atoms with E-state index in [-0.39, 0.29) is 17.7 Å². The molecule has 6 nitrogen and oxygen atoms in total. The van der Waals surface area contributed by atoms with Gasteiger partial charge in [-0.2, -0.15) is 0 Å². The fourth-order valence-corrected chi connectivity index (χ4v) is 3.67. The molecule has 1 saturated carbocycles. The molecule has 1 fully saturated rings. The maximum Gasteiger partial charge on any atom is 0.308 e. The van der Waals surface area contributed by atoms with Crippen molar-refractivity contribution in [1.29, 1.82) is 0 Å². The molecule has 0 spiro atoms. The van der Waals surface area contributed by atoms with Crippen LogP contribution in [0.2, 0.25) is 0 Å². The van der Waals surface area contributed by atoms with Gasteiger partial charge in [0.15, 0.2) is 5.16 Å². The Morgan fingerprint density at radius 3 is 2.52 bits per heavy atom. The maximum absolute atomic E-state index is 12.2. The average Bonchev–Trinajstić information content (AvgIpc) is 2.69. The number of nitrogens with zero attached hydrogens (tertiary/aromatic N) is 2. The van der Waals surface area contributed by atoms with Crippen LogP contribution in [-0.4, -0.2) is 38.7 Å². The predicted octanol–water partition coefficient (Wildman–Crippen LogP) is 2.34. The number of carboxylic acid groups (broad SMARTS) is 1. The number of hydrogen-bond donors (Lipinski definition) is 2. The molecule has 1 aliphatic carbocycles. The first-order valence-electron chi connectivity index (χ1n) is 7.93. The molecule has 0 bridgehead atoms. The molecule has 0 saturated heterocycles. The molecule has 0 unspecified atom stereocenters.